The Labute approximate surface area is 171 Å². The van der Waals surface area contributed by atoms with Crippen LogP contribution < -0.4 is 10.6 Å². The lowest BCUT2D eigenvalue weighted by Gasteiger charge is -2.06. The minimum absolute atomic E-state index is 0.0436. The lowest BCUT2D eigenvalue weighted by Crippen LogP contribution is -2.14. The van der Waals surface area contributed by atoms with Crippen molar-refractivity contribution in [2.75, 3.05) is 16.4 Å². The topological polar surface area (TPSA) is 110 Å². The van der Waals surface area contributed by atoms with E-state index in [9.17, 15) is 19.3 Å². The van der Waals surface area contributed by atoms with Gasteiger partial charge in [-0.1, -0.05) is 40.8 Å². The van der Waals surface area contributed by atoms with E-state index in [2.05, 4.69) is 20.8 Å². The minimum atomic E-state index is -0.571. The molecule has 0 unspecified atom stereocenters. The zero-order valence-corrected chi connectivity index (χ0v) is 16.3. The number of carbonyl (C=O) groups is 1. The number of hydrogen-bond acceptors (Lipinski definition) is 8. The van der Waals surface area contributed by atoms with Crippen LogP contribution in [-0.4, -0.2) is 26.8 Å². The Kier molecular flexibility index (Phi) is 6.39. The summed E-state index contributed by atoms with van der Waals surface area (Å²) in [7, 11) is 0. The summed E-state index contributed by atoms with van der Waals surface area (Å²) in [5.41, 5.74) is 0.659. The average molecular weight is 440 g/mol. The van der Waals surface area contributed by atoms with Gasteiger partial charge in [0.15, 0.2) is 4.34 Å². The number of anilines is 3. The molecule has 0 spiro atoms. The highest BCUT2D eigenvalue weighted by Crippen LogP contribution is 2.29. The van der Waals surface area contributed by atoms with Gasteiger partial charge in [0, 0.05) is 17.8 Å². The second-order valence-electron chi connectivity index (χ2n) is 5.27. The Bertz CT molecular complexity index is 1030. The molecule has 144 valence electrons. The Balaban J connectivity index is 1.54. The second kappa shape index (κ2) is 8.95. The predicted octanol–water partition coefficient (Wildman–Crippen LogP) is 4.71. The number of non-ortho nitro benzene ring substituents is 1. The summed E-state index contributed by atoms with van der Waals surface area (Å²) >= 11 is 8.32. The highest BCUT2D eigenvalue weighted by molar-refractivity contribution is 8.01. The van der Waals surface area contributed by atoms with Crippen molar-refractivity contribution in [1.29, 1.82) is 0 Å². The van der Waals surface area contributed by atoms with Crippen LogP contribution in [0, 0.1) is 15.9 Å². The molecular weight excluding hydrogens is 429 g/mol. The van der Waals surface area contributed by atoms with E-state index in [1.54, 1.807) is 12.1 Å². The lowest BCUT2D eigenvalue weighted by molar-refractivity contribution is -0.384. The Morgan fingerprint density at radius 1 is 1.29 bits per heavy atom. The molecule has 0 aliphatic carbocycles. The third-order valence-electron chi connectivity index (χ3n) is 3.25. The number of nitrogens with zero attached hydrogens (tertiary/aromatic N) is 3. The number of nitro benzene ring substituents is 1. The molecule has 0 fully saturated rings. The quantitative estimate of drug-likeness (QED) is 0.311. The first-order valence-corrected chi connectivity index (χ1v) is 9.81. The maximum absolute atomic E-state index is 13.2. The van der Waals surface area contributed by atoms with E-state index in [-0.39, 0.29) is 33.9 Å². The summed E-state index contributed by atoms with van der Waals surface area (Å²) in [5, 5.41) is 24.7. The molecule has 0 radical (unpaired) electrons. The van der Waals surface area contributed by atoms with Gasteiger partial charge in [0.25, 0.3) is 5.69 Å². The van der Waals surface area contributed by atoms with Gasteiger partial charge in [0.2, 0.25) is 11.0 Å². The number of benzene rings is 2. The molecule has 0 atom stereocenters. The van der Waals surface area contributed by atoms with Crippen molar-refractivity contribution >= 4 is 62.8 Å². The Hall–Kier alpha value is -2.76. The molecule has 3 aromatic rings. The molecule has 1 amide bonds. The van der Waals surface area contributed by atoms with Crippen LogP contribution in [0.3, 0.4) is 0 Å². The summed E-state index contributed by atoms with van der Waals surface area (Å²) in [5.74, 6) is -0.677. The van der Waals surface area contributed by atoms with Crippen LogP contribution in [0.15, 0.2) is 46.8 Å². The number of nitrogens with one attached hydrogen (secondary N) is 2. The number of aromatic nitrogens is 2. The van der Waals surface area contributed by atoms with Gasteiger partial charge in [0.1, 0.15) is 5.82 Å². The number of amides is 1. The SMILES string of the molecule is O=C(CSc1nnc(Nc2cccc(F)c2)s1)Nc1ccc([N+](=O)[O-])cc1Cl. The monoisotopic (exact) mass is 439 g/mol. The van der Waals surface area contributed by atoms with Gasteiger partial charge in [-0.25, -0.2) is 4.39 Å². The van der Waals surface area contributed by atoms with Crippen LogP contribution in [0.4, 0.5) is 26.6 Å². The van der Waals surface area contributed by atoms with Crippen molar-refractivity contribution in [2.24, 2.45) is 0 Å². The first-order chi connectivity index (χ1) is 13.4. The summed E-state index contributed by atoms with van der Waals surface area (Å²) in [6, 6.07) is 9.72. The number of carbonyl (C=O) groups excluding carboxylic acids is 1. The molecule has 0 saturated heterocycles. The molecule has 0 saturated carbocycles. The lowest BCUT2D eigenvalue weighted by atomic mass is 10.3. The Morgan fingerprint density at radius 2 is 2.11 bits per heavy atom. The molecular formula is C16H11ClFN5O3S2. The van der Waals surface area contributed by atoms with E-state index in [4.69, 9.17) is 11.6 Å². The molecule has 12 heteroatoms. The normalized spacial score (nSPS) is 10.5. The number of nitro groups is 1. The van der Waals surface area contributed by atoms with Crippen LogP contribution in [-0.2, 0) is 4.79 Å². The van der Waals surface area contributed by atoms with E-state index in [1.165, 1.54) is 41.7 Å². The number of hydrogen-bond donors (Lipinski definition) is 2. The molecule has 28 heavy (non-hydrogen) atoms. The molecule has 0 aliphatic heterocycles. The highest BCUT2D eigenvalue weighted by atomic mass is 35.5. The third-order valence-corrected chi connectivity index (χ3v) is 5.53. The smallest absolute Gasteiger partial charge is 0.271 e. The molecule has 0 aliphatic rings. The fourth-order valence-electron chi connectivity index (χ4n) is 2.04. The maximum Gasteiger partial charge on any atom is 0.271 e. The van der Waals surface area contributed by atoms with Gasteiger partial charge < -0.3 is 10.6 Å². The van der Waals surface area contributed by atoms with Crippen molar-refractivity contribution in [1.82, 2.24) is 10.2 Å². The molecule has 3 rings (SSSR count). The summed E-state index contributed by atoms with van der Waals surface area (Å²) in [6.45, 7) is 0. The minimum Gasteiger partial charge on any atom is -0.330 e. The van der Waals surface area contributed by atoms with E-state index in [0.29, 0.717) is 15.2 Å². The zero-order chi connectivity index (χ0) is 20.1. The first kappa shape index (κ1) is 20.0. The van der Waals surface area contributed by atoms with Gasteiger partial charge in [-0.15, -0.1) is 10.2 Å². The van der Waals surface area contributed by atoms with Gasteiger partial charge >= 0.3 is 0 Å². The maximum atomic E-state index is 13.2. The van der Waals surface area contributed by atoms with Crippen LogP contribution >= 0.6 is 34.7 Å². The van der Waals surface area contributed by atoms with E-state index in [0.717, 1.165) is 11.8 Å². The van der Waals surface area contributed by atoms with Gasteiger partial charge in [0.05, 0.1) is 21.4 Å². The van der Waals surface area contributed by atoms with Crippen molar-refractivity contribution < 1.29 is 14.1 Å². The average Bonchev–Trinajstić information content (AvgIpc) is 3.09. The number of rotatable bonds is 7. The van der Waals surface area contributed by atoms with Gasteiger partial charge in [-0.2, -0.15) is 0 Å². The number of thioether (sulfide) groups is 1. The molecule has 2 N–H and O–H groups in total. The van der Waals surface area contributed by atoms with Crippen molar-refractivity contribution in [3.8, 4) is 0 Å². The van der Waals surface area contributed by atoms with E-state index in [1.807, 2.05) is 0 Å². The number of halogens is 2. The summed E-state index contributed by atoms with van der Waals surface area (Å²) < 4.78 is 13.7. The van der Waals surface area contributed by atoms with Crippen molar-refractivity contribution in [2.45, 2.75) is 4.34 Å². The van der Waals surface area contributed by atoms with Crippen LogP contribution in [0.2, 0.25) is 5.02 Å². The van der Waals surface area contributed by atoms with Crippen LogP contribution in [0.25, 0.3) is 0 Å². The summed E-state index contributed by atoms with van der Waals surface area (Å²) in [6.07, 6.45) is 0. The fourth-order valence-corrected chi connectivity index (χ4v) is 3.84. The molecule has 2 aromatic carbocycles. The predicted molar refractivity (Wildman–Crippen MR) is 107 cm³/mol. The van der Waals surface area contributed by atoms with E-state index < -0.39 is 4.92 Å². The van der Waals surface area contributed by atoms with Crippen molar-refractivity contribution in [3.63, 3.8) is 0 Å². The second-order valence-corrected chi connectivity index (χ2v) is 7.87. The van der Waals surface area contributed by atoms with Crippen LogP contribution in [0.5, 0.6) is 0 Å². The molecule has 0 bridgehead atoms. The van der Waals surface area contributed by atoms with E-state index >= 15 is 0 Å². The fraction of sp³-hybridized carbons (Fsp3) is 0.0625. The first-order valence-electron chi connectivity index (χ1n) is 7.63. The molecule has 8 nitrogen and oxygen atoms in total. The highest BCUT2D eigenvalue weighted by Gasteiger charge is 2.13. The third kappa shape index (κ3) is 5.38. The van der Waals surface area contributed by atoms with Gasteiger partial charge in [-0.05, 0) is 24.3 Å². The van der Waals surface area contributed by atoms with Gasteiger partial charge in [-0.3, -0.25) is 14.9 Å². The van der Waals surface area contributed by atoms with Crippen molar-refractivity contribution in [3.05, 3.63) is 63.4 Å². The molecule has 1 aromatic heterocycles. The Morgan fingerprint density at radius 3 is 2.82 bits per heavy atom. The van der Waals surface area contributed by atoms with Crippen LogP contribution in [0.1, 0.15) is 0 Å². The summed E-state index contributed by atoms with van der Waals surface area (Å²) in [4.78, 5) is 22.2. The standard InChI is InChI=1S/C16H11ClFN5O3S2/c17-12-7-11(23(25)26)4-5-13(12)20-14(24)8-27-16-22-21-15(28-16)19-10-3-1-2-9(18)6-10/h1-7H,8H2,(H,19,21)(H,20,24). The molecule has 1 heterocycles. The zero-order valence-electron chi connectivity index (χ0n) is 13.9. The largest absolute Gasteiger partial charge is 0.330 e.